The molecule has 0 unspecified atom stereocenters. The fraction of sp³-hybridized carbons (Fsp3) is 0.182. The molecular formula is C11H9N3O. The van der Waals surface area contributed by atoms with Crippen LogP contribution in [-0.2, 0) is 0 Å². The summed E-state index contributed by atoms with van der Waals surface area (Å²) in [6, 6.07) is 5.53. The Balaban J connectivity index is 3.06. The number of hydrogen-bond donors (Lipinski definition) is 0. The topological polar surface area (TPSA) is 58.2 Å². The van der Waals surface area contributed by atoms with E-state index in [2.05, 4.69) is 4.98 Å². The minimum atomic E-state index is -0.302. The number of nitrogens with zero attached hydrogens (tertiary/aromatic N) is 3. The highest BCUT2D eigenvalue weighted by atomic mass is 16.1. The van der Waals surface area contributed by atoms with Gasteiger partial charge in [-0.25, -0.2) is 4.98 Å². The highest BCUT2D eigenvalue weighted by Crippen LogP contribution is 2.07. The van der Waals surface area contributed by atoms with E-state index in [0.717, 1.165) is 5.56 Å². The lowest BCUT2D eigenvalue weighted by Gasteiger charge is -2.04. The molecule has 0 amide bonds. The normalized spacial score (nSPS) is 10.2. The van der Waals surface area contributed by atoms with Crippen molar-refractivity contribution in [3.63, 3.8) is 0 Å². The lowest BCUT2D eigenvalue weighted by atomic mass is 10.2. The van der Waals surface area contributed by atoms with Gasteiger partial charge < -0.3 is 0 Å². The van der Waals surface area contributed by atoms with Crippen LogP contribution in [0.15, 0.2) is 23.1 Å². The van der Waals surface area contributed by atoms with E-state index in [1.807, 2.05) is 19.1 Å². The molecule has 74 valence electrons. The van der Waals surface area contributed by atoms with Crippen molar-refractivity contribution in [1.82, 2.24) is 9.38 Å². The Morgan fingerprint density at radius 2 is 2.20 bits per heavy atom. The Kier molecular flexibility index (Phi) is 2.01. The van der Waals surface area contributed by atoms with Crippen molar-refractivity contribution in [3.05, 3.63) is 45.5 Å². The van der Waals surface area contributed by atoms with Crippen LogP contribution in [0.2, 0.25) is 0 Å². The molecule has 0 aromatic carbocycles. The van der Waals surface area contributed by atoms with Crippen LogP contribution >= 0.6 is 0 Å². The Labute approximate surface area is 86.4 Å². The van der Waals surface area contributed by atoms with Crippen molar-refractivity contribution in [3.8, 4) is 6.07 Å². The maximum atomic E-state index is 11.8. The third-order valence-electron chi connectivity index (χ3n) is 2.34. The van der Waals surface area contributed by atoms with Gasteiger partial charge in [-0.3, -0.25) is 9.20 Å². The zero-order chi connectivity index (χ0) is 11.0. The van der Waals surface area contributed by atoms with Gasteiger partial charge in [-0.1, -0.05) is 6.07 Å². The molecule has 0 aliphatic rings. The van der Waals surface area contributed by atoms with Gasteiger partial charge in [0.25, 0.3) is 5.56 Å². The molecule has 0 N–H and O–H groups in total. The fourth-order valence-corrected chi connectivity index (χ4v) is 1.53. The van der Waals surface area contributed by atoms with E-state index < -0.39 is 0 Å². The minimum Gasteiger partial charge on any atom is -0.267 e. The second-order valence-electron chi connectivity index (χ2n) is 3.37. The number of pyridine rings is 1. The van der Waals surface area contributed by atoms with Crippen LogP contribution in [-0.4, -0.2) is 9.38 Å². The molecule has 0 spiro atoms. The van der Waals surface area contributed by atoms with E-state index in [9.17, 15) is 4.79 Å². The van der Waals surface area contributed by atoms with E-state index in [1.54, 1.807) is 19.2 Å². The summed E-state index contributed by atoms with van der Waals surface area (Å²) in [5, 5.41) is 8.82. The van der Waals surface area contributed by atoms with Gasteiger partial charge in [0.15, 0.2) is 0 Å². The lowest BCUT2D eigenvalue weighted by Crippen LogP contribution is -2.20. The number of hydrogen-bond acceptors (Lipinski definition) is 3. The average Bonchev–Trinajstić information content (AvgIpc) is 2.20. The first-order valence-corrected chi connectivity index (χ1v) is 4.54. The zero-order valence-electron chi connectivity index (χ0n) is 8.48. The summed E-state index contributed by atoms with van der Waals surface area (Å²) in [5.41, 5.74) is 1.82. The Morgan fingerprint density at radius 1 is 1.47 bits per heavy atom. The Hall–Kier alpha value is -2.15. The number of nitriles is 1. The van der Waals surface area contributed by atoms with Gasteiger partial charge in [0.1, 0.15) is 17.3 Å². The van der Waals surface area contributed by atoms with Crippen molar-refractivity contribution >= 4 is 5.65 Å². The summed E-state index contributed by atoms with van der Waals surface area (Å²) in [6.07, 6.45) is 1.62. The fourth-order valence-electron chi connectivity index (χ4n) is 1.53. The number of aryl methyl sites for hydroxylation is 2. The monoisotopic (exact) mass is 199 g/mol. The second kappa shape index (κ2) is 3.21. The van der Waals surface area contributed by atoms with Crippen molar-refractivity contribution in [1.29, 1.82) is 5.26 Å². The Morgan fingerprint density at radius 3 is 2.87 bits per heavy atom. The summed E-state index contributed by atoms with van der Waals surface area (Å²) in [4.78, 5) is 16.1. The van der Waals surface area contributed by atoms with Crippen LogP contribution in [0.5, 0.6) is 0 Å². The molecule has 4 heteroatoms. The molecule has 2 aromatic heterocycles. The first-order valence-electron chi connectivity index (χ1n) is 4.54. The third-order valence-corrected chi connectivity index (χ3v) is 2.34. The van der Waals surface area contributed by atoms with Gasteiger partial charge >= 0.3 is 0 Å². The van der Waals surface area contributed by atoms with Crippen LogP contribution in [0, 0.1) is 25.2 Å². The largest absolute Gasteiger partial charge is 0.276 e. The summed E-state index contributed by atoms with van der Waals surface area (Å²) in [5.74, 6) is 0. The predicted molar refractivity (Wildman–Crippen MR) is 55.7 cm³/mol. The molecule has 0 radical (unpaired) electrons. The van der Waals surface area contributed by atoms with Crippen molar-refractivity contribution in [2.24, 2.45) is 0 Å². The van der Waals surface area contributed by atoms with Crippen LogP contribution in [0.3, 0.4) is 0 Å². The molecule has 0 atom stereocenters. The molecule has 2 aromatic rings. The van der Waals surface area contributed by atoms with Gasteiger partial charge in [0.2, 0.25) is 0 Å². The average molecular weight is 199 g/mol. The number of aromatic nitrogens is 2. The van der Waals surface area contributed by atoms with Gasteiger partial charge in [0.05, 0.1) is 5.69 Å². The second-order valence-corrected chi connectivity index (χ2v) is 3.37. The molecule has 0 saturated carbocycles. The minimum absolute atomic E-state index is 0.109. The molecule has 0 aliphatic heterocycles. The van der Waals surface area contributed by atoms with Gasteiger partial charge in [-0.05, 0) is 25.5 Å². The van der Waals surface area contributed by atoms with E-state index in [0.29, 0.717) is 11.3 Å². The summed E-state index contributed by atoms with van der Waals surface area (Å²) >= 11 is 0. The maximum Gasteiger partial charge on any atom is 0.276 e. The van der Waals surface area contributed by atoms with Crippen LogP contribution in [0.4, 0.5) is 0 Å². The molecule has 0 bridgehead atoms. The Bertz CT molecular complexity index is 635. The highest BCUT2D eigenvalue weighted by Gasteiger charge is 2.09. The van der Waals surface area contributed by atoms with Crippen LogP contribution < -0.4 is 5.56 Å². The quantitative estimate of drug-likeness (QED) is 0.640. The van der Waals surface area contributed by atoms with E-state index in [4.69, 9.17) is 5.26 Å². The van der Waals surface area contributed by atoms with Crippen molar-refractivity contribution < 1.29 is 0 Å². The maximum absolute atomic E-state index is 11.8. The first-order chi connectivity index (χ1) is 7.15. The summed E-state index contributed by atoms with van der Waals surface area (Å²) in [6.45, 7) is 3.56. The van der Waals surface area contributed by atoms with Crippen LogP contribution in [0.25, 0.3) is 5.65 Å². The summed E-state index contributed by atoms with van der Waals surface area (Å²) < 4.78 is 1.40. The zero-order valence-corrected chi connectivity index (χ0v) is 8.48. The highest BCUT2D eigenvalue weighted by molar-refractivity contribution is 5.49. The molecule has 0 aliphatic carbocycles. The third kappa shape index (κ3) is 1.29. The van der Waals surface area contributed by atoms with Gasteiger partial charge in [-0.2, -0.15) is 5.26 Å². The smallest absolute Gasteiger partial charge is 0.267 e. The molecule has 0 fully saturated rings. The van der Waals surface area contributed by atoms with E-state index in [1.165, 1.54) is 4.40 Å². The molecule has 0 saturated heterocycles. The molecular weight excluding hydrogens is 190 g/mol. The molecule has 2 rings (SSSR count). The lowest BCUT2D eigenvalue weighted by molar-refractivity contribution is 0.993. The molecule has 2 heterocycles. The molecule has 4 nitrogen and oxygen atoms in total. The van der Waals surface area contributed by atoms with Crippen molar-refractivity contribution in [2.45, 2.75) is 13.8 Å². The number of rotatable bonds is 0. The first kappa shape index (κ1) is 9.41. The van der Waals surface area contributed by atoms with Crippen LogP contribution in [0.1, 0.15) is 16.8 Å². The van der Waals surface area contributed by atoms with E-state index >= 15 is 0 Å². The van der Waals surface area contributed by atoms with Gasteiger partial charge in [-0.15, -0.1) is 0 Å². The predicted octanol–water partition coefficient (Wildman–Crippen LogP) is 1.18. The van der Waals surface area contributed by atoms with E-state index in [-0.39, 0.29) is 11.1 Å². The molecule has 15 heavy (non-hydrogen) atoms. The number of fused-ring (bicyclic) bond motifs is 1. The van der Waals surface area contributed by atoms with Gasteiger partial charge in [0, 0.05) is 6.20 Å². The standard InChI is InChI=1S/C11H9N3O/c1-7-4-3-5-14-10(7)13-8(2)9(6-12)11(14)15/h3-5H,1-2H3. The van der Waals surface area contributed by atoms with Crippen molar-refractivity contribution in [2.75, 3.05) is 0 Å². The summed E-state index contributed by atoms with van der Waals surface area (Å²) in [7, 11) is 0. The SMILES string of the molecule is Cc1nc2c(C)cccn2c(=O)c1C#N.